The largest absolute Gasteiger partial charge is 0.478 e. The molecule has 1 heterocycles. The molecular weight excluding hydrogens is 204 g/mol. The van der Waals surface area contributed by atoms with Crippen molar-refractivity contribution in [3.05, 3.63) is 35.6 Å². The minimum atomic E-state index is -0.916. The zero-order valence-electron chi connectivity index (χ0n) is 9.57. The highest BCUT2D eigenvalue weighted by molar-refractivity contribution is 5.93. The molecule has 1 aromatic carbocycles. The van der Waals surface area contributed by atoms with Crippen molar-refractivity contribution in [3.8, 4) is 0 Å². The first-order chi connectivity index (χ1) is 7.38. The van der Waals surface area contributed by atoms with E-state index >= 15 is 0 Å². The Kier molecular flexibility index (Phi) is 2.26. The SMILES string of the molecule is CC(C)(C)c1cc2cc(C(=O)O)ccc2o1. The predicted molar refractivity (Wildman–Crippen MR) is 61.9 cm³/mol. The van der Waals surface area contributed by atoms with E-state index in [0.717, 1.165) is 16.7 Å². The molecule has 0 fully saturated rings. The van der Waals surface area contributed by atoms with Gasteiger partial charge in [-0.3, -0.25) is 0 Å². The van der Waals surface area contributed by atoms with E-state index in [-0.39, 0.29) is 11.0 Å². The Labute approximate surface area is 93.7 Å². The first-order valence-electron chi connectivity index (χ1n) is 5.15. The lowest BCUT2D eigenvalue weighted by molar-refractivity contribution is 0.0697. The summed E-state index contributed by atoms with van der Waals surface area (Å²) in [6, 6.07) is 6.80. The second-order valence-corrected chi connectivity index (χ2v) is 4.92. The Morgan fingerprint density at radius 3 is 2.50 bits per heavy atom. The van der Waals surface area contributed by atoms with Crippen LogP contribution in [0.25, 0.3) is 11.0 Å². The van der Waals surface area contributed by atoms with Crippen LogP contribution in [0.4, 0.5) is 0 Å². The molecule has 0 aliphatic carbocycles. The Morgan fingerprint density at radius 2 is 1.94 bits per heavy atom. The van der Waals surface area contributed by atoms with Gasteiger partial charge >= 0.3 is 5.97 Å². The van der Waals surface area contributed by atoms with E-state index in [1.807, 2.05) is 6.07 Å². The maximum Gasteiger partial charge on any atom is 0.335 e. The zero-order valence-corrected chi connectivity index (χ0v) is 9.57. The van der Waals surface area contributed by atoms with Gasteiger partial charge in [0.1, 0.15) is 11.3 Å². The number of hydrogen-bond donors (Lipinski definition) is 1. The van der Waals surface area contributed by atoms with Gasteiger partial charge in [0, 0.05) is 10.8 Å². The number of furan rings is 1. The molecule has 0 radical (unpaired) electrons. The van der Waals surface area contributed by atoms with E-state index in [4.69, 9.17) is 9.52 Å². The summed E-state index contributed by atoms with van der Waals surface area (Å²) >= 11 is 0. The number of hydrogen-bond acceptors (Lipinski definition) is 2. The fraction of sp³-hybridized carbons (Fsp3) is 0.308. The third-order valence-corrected chi connectivity index (χ3v) is 2.50. The summed E-state index contributed by atoms with van der Waals surface area (Å²) in [7, 11) is 0. The first kappa shape index (κ1) is 10.7. The summed E-state index contributed by atoms with van der Waals surface area (Å²) in [4.78, 5) is 10.8. The van der Waals surface area contributed by atoms with Crippen molar-refractivity contribution in [3.63, 3.8) is 0 Å². The molecule has 0 saturated carbocycles. The average Bonchev–Trinajstić information content (AvgIpc) is 2.58. The van der Waals surface area contributed by atoms with Crippen LogP contribution in [0.1, 0.15) is 36.9 Å². The van der Waals surface area contributed by atoms with Crippen molar-refractivity contribution in [2.24, 2.45) is 0 Å². The van der Waals surface area contributed by atoms with E-state index in [9.17, 15) is 4.79 Å². The number of rotatable bonds is 1. The molecule has 0 saturated heterocycles. The molecule has 0 unspecified atom stereocenters. The van der Waals surface area contributed by atoms with Crippen LogP contribution in [0.2, 0.25) is 0 Å². The van der Waals surface area contributed by atoms with Crippen LogP contribution in [0.15, 0.2) is 28.7 Å². The quantitative estimate of drug-likeness (QED) is 0.797. The standard InChI is InChI=1S/C13H14O3/c1-13(2,3)11-7-9-6-8(12(14)15)4-5-10(9)16-11/h4-7H,1-3H3,(H,14,15). The number of fused-ring (bicyclic) bond motifs is 1. The van der Waals surface area contributed by atoms with E-state index < -0.39 is 5.97 Å². The molecule has 0 spiro atoms. The maximum atomic E-state index is 10.8. The molecule has 0 bridgehead atoms. The second kappa shape index (κ2) is 3.37. The normalized spacial score (nSPS) is 11.9. The van der Waals surface area contributed by atoms with Crippen molar-refractivity contribution < 1.29 is 14.3 Å². The van der Waals surface area contributed by atoms with Crippen LogP contribution in [-0.2, 0) is 5.41 Å². The van der Waals surface area contributed by atoms with E-state index in [1.54, 1.807) is 18.2 Å². The number of aromatic carboxylic acids is 1. The van der Waals surface area contributed by atoms with Gasteiger partial charge in [-0.05, 0) is 24.3 Å². The van der Waals surface area contributed by atoms with Gasteiger partial charge in [-0.2, -0.15) is 0 Å². The Bertz CT molecular complexity index is 544. The van der Waals surface area contributed by atoms with Crippen molar-refractivity contribution in [2.75, 3.05) is 0 Å². The van der Waals surface area contributed by atoms with Gasteiger partial charge in [-0.15, -0.1) is 0 Å². The monoisotopic (exact) mass is 218 g/mol. The average molecular weight is 218 g/mol. The van der Waals surface area contributed by atoms with Gasteiger partial charge in [0.05, 0.1) is 5.56 Å². The number of benzene rings is 1. The molecule has 0 aliphatic rings. The third kappa shape index (κ3) is 1.81. The van der Waals surface area contributed by atoms with Crippen LogP contribution in [0, 0.1) is 0 Å². The fourth-order valence-electron chi connectivity index (χ4n) is 1.55. The zero-order chi connectivity index (χ0) is 11.9. The molecule has 2 rings (SSSR count). The third-order valence-electron chi connectivity index (χ3n) is 2.50. The fourth-order valence-corrected chi connectivity index (χ4v) is 1.55. The summed E-state index contributed by atoms with van der Waals surface area (Å²) in [5.74, 6) is -0.0505. The Balaban J connectivity index is 2.59. The van der Waals surface area contributed by atoms with Gasteiger partial charge in [-0.1, -0.05) is 20.8 Å². The van der Waals surface area contributed by atoms with E-state index in [1.165, 1.54) is 0 Å². The Hall–Kier alpha value is -1.77. The molecule has 16 heavy (non-hydrogen) atoms. The van der Waals surface area contributed by atoms with Crippen LogP contribution < -0.4 is 0 Å². The lowest BCUT2D eigenvalue weighted by Crippen LogP contribution is -2.08. The van der Waals surface area contributed by atoms with Crippen molar-refractivity contribution in [1.82, 2.24) is 0 Å². The highest BCUT2D eigenvalue weighted by Gasteiger charge is 2.19. The van der Waals surface area contributed by atoms with Crippen LogP contribution in [0.5, 0.6) is 0 Å². The van der Waals surface area contributed by atoms with Crippen LogP contribution >= 0.6 is 0 Å². The summed E-state index contributed by atoms with van der Waals surface area (Å²) in [6.07, 6.45) is 0. The van der Waals surface area contributed by atoms with Crippen molar-refractivity contribution in [2.45, 2.75) is 26.2 Å². The minimum Gasteiger partial charge on any atom is -0.478 e. The molecule has 0 atom stereocenters. The van der Waals surface area contributed by atoms with Crippen molar-refractivity contribution >= 4 is 16.9 Å². The van der Waals surface area contributed by atoms with Gasteiger partial charge in [0.15, 0.2) is 0 Å². The molecule has 0 amide bonds. The van der Waals surface area contributed by atoms with Gasteiger partial charge in [0.25, 0.3) is 0 Å². The predicted octanol–water partition coefficient (Wildman–Crippen LogP) is 3.43. The molecule has 84 valence electrons. The minimum absolute atomic E-state index is 0.0671. The molecular formula is C13H14O3. The molecule has 3 heteroatoms. The molecule has 2 aromatic rings. The highest BCUT2D eigenvalue weighted by Crippen LogP contribution is 2.29. The van der Waals surface area contributed by atoms with Crippen LogP contribution in [-0.4, -0.2) is 11.1 Å². The lowest BCUT2D eigenvalue weighted by Gasteiger charge is -2.13. The van der Waals surface area contributed by atoms with E-state index in [2.05, 4.69) is 20.8 Å². The van der Waals surface area contributed by atoms with E-state index in [0.29, 0.717) is 0 Å². The second-order valence-electron chi connectivity index (χ2n) is 4.92. The Morgan fingerprint density at radius 1 is 1.25 bits per heavy atom. The topological polar surface area (TPSA) is 50.4 Å². The molecule has 3 nitrogen and oxygen atoms in total. The summed E-state index contributed by atoms with van der Waals surface area (Å²) in [5.41, 5.74) is 0.950. The van der Waals surface area contributed by atoms with Crippen LogP contribution in [0.3, 0.4) is 0 Å². The summed E-state index contributed by atoms with van der Waals surface area (Å²) < 4.78 is 5.67. The summed E-state index contributed by atoms with van der Waals surface area (Å²) in [6.45, 7) is 6.18. The van der Waals surface area contributed by atoms with Gasteiger partial charge in [-0.25, -0.2) is 4.79 Å². The molecule has 1 aromatic heterocycles. The molecule has 1 N–H and O–H groups in total. The highest BCUT2D eigenvalue weighted by atomic mass is 16.4. The van der Waals surface area contributed by atoms with Gasteiger partial charge < -0.3 is 9.52 Å². The summed E-state index contributed by atoms with van der Waals surface area (Å²) in [5, 5.41) is 9.72. The molecule has 0 aliphatic heterocycles. The number of carboxylic acids is 1. The first-order valence-corrected chi connectivity index (χ1v) is 5.15. The number of carbonyl (C=O) groups is 1. The maximum absolute atomic E-state index is 10.8. The van der Waals surface area contributed by atoms with Crippen molar-refractivity contribution in [1.29, 1.82) is 0 Å². The lowest BCUT2D eigenvalue weighted by atomic mass is 9.93. The van der Waals surface area contributed by atoms with Gasteiger partial charge in [0.2, 0.25) is 0 Å². The smallest absolute Gasteiger partial charge is 0.335 e. The number of carboxylic acid groups (broad SMARTS) is 1.